The van der Waals surface area contributed by atoms with Gasteiger partial charge in [0.15, 0.2) is 0 Å². The number of nitrogens with two attached hydrogens (primary N) is 7. The summed E-state index contributed by atoms with van der Waals surface area (Å²) in [7, 11) is 1.77. The second-order valence-electron chi connectivity index (χ2n) is 36.6. The number of benzene rings is 8. The molecule has 0 radical (unpaired) electrons. The highest BCUT2D eigenvalue weighted by Crippen LogP contribution is 2.45. The van der Waals surface area contributed by atoms with Gasteiger partial charge in [-0.05, 0) is 175 Å². The number of ether oxygens (including phenoxy) is 3. The monoisotopic (exact) mass is 1830 g/mol. The molecular formula is C103H121FN20O11. The zero-order chi connectivity index (χ0) is 96.9. The van der Waals surface area contributed by atoms with Crippen LogP contribution in [0.1, 0.15) is 251 Å². The van der Waals surface area contributed by atoms with Crippen LogP contribution in [-0.2, 0) is 40.4 Å². The molecule has 32 heteroatoms. The Bertz CT molecular complexity index is 6320. The number of primary amides is 4. The molecule has 19 N–H and O–H groups in total. The van der Waals surface area contributed by atoms with Crippen molar-refractivity contribution < 1.29 is 57.0 Å². The lowest BCUT2D eigenvalue weighted by atomic mass is 9.82. The zero-order valence-electron chi connectivity index (χ0n) is 78.2. The van der Waals surface area contributed by atoms with Crippen molar-refractivity contribution in [3.05, 3.63) is 283 Å². The van der Waals surface area contributed by atoms with Gasteiger partial charge in [0, 0.05) is 103 Å². The second-order valence-corrected chi connectivity index (χ2v) is 36.6. The summed E-state index contributed by atoms with van der Waals surface area (Å²) in [6.07, 6.45) is 8.00. The summed E-state index contributed by atoms with van der Waals surface area (Å²) in [6, 6.07) is 56.8. The van der Waals surface area contributed by atoms with Gasteiger partial charge in [0.25, 0.3) is 47.3 Å². The van der Waals surface area contributed by atoms with Crippen molar-refractivity contribution in [2.75, 3.05) is 56.0 Å². The van der Waals surface area contributed by atoms with Crippen molar-refractivity contribution in [3.63, 3.8) is 0 Å². The highest BCUT2D eigenvalue weighted by atomic mass is 19.1. The van der Waals surface area contributed by atoms with Gasteiger partial charge in [-0.2, -0.15) is 20.4 Å². The van der Waals surface area contributed by atoms with Crippen molar-refractivity contribution in [3.8, 4) is 45.0 Å². The van der Waals surface area contributed by atoms with Gasteiger partial charge in [-0.25, -0.2) is 23.1 Å². The fraction of sp³-hybridized carbons (Fsp3) is 0.340. The predicted octanol–water partition coefficient (Wildman–Crippen LogP) is 14.8. The van der Waals surface area contributed by atoms with E-state index >= 15 is 0 Å². The van der Waals surface area contributed by atoms with Crippen molar-refractivity contribution in [1.82, 2.24) is 60.4 Å². The van der Waals surface area contributed by atoms with E-state index in [2.05, 4.69) is 45.5 Å². The molecule has 4 fully saturated rings. The molecule has 31 nitrogen and oxygen atoms in total. The van der Waals surface area contributed by atoms with Crippen LogP contribution in [0.4, 0.5) is 27.7 Å². The molecule has 4 aliphatic rings. The Hall–Kier alpha value is -14.6. The number of aromatic nitrogens is 8. The first-order valence-electron chi connectivity index (χ1n) is 45.3. The Morgan fingerprint density at radius 1 is 0.385 bits per heavy atom. The summed E-state index contributed by atoms with van der Waals surface area (Å²) < 4.78 is 37.8. The lowest BCUT2D eigenvalue weighted by Crippen LogP contribution is -2.46. The van der Waals surface area contributed by atoms with Crippen molar-refractivity contribution >= 4 is 70.5 Å². The van der Waals surface area contributed by atoms with Crippen LogP contribution in [0.3, 0.4) is 0 Å². The first-order chi connectivity index (χ1) is 64.4. The Kier molecular flexibility index (Phi) is 30.8. The summed E-state index contributed by atoms with van der Waals surface area (Å²) >= 11 is 0. The molecule has 3 saturated heterocycles. The third-order valence-corrected chi connectivity index (χ3v) is 25.1. The van der Waals surface area contributed by atoms with E-state index in [1.54, 1.807) is 46.2 Å². The van der Waals surface area contributed by atoms with Gasteiger partial charge < -0.3 is 80.9 Å². The summed E-state index contributed by atoms with van der Waals surface area (Å²) in [4.78, 5) is 99.0. The number of halogens is 1. The highest BCUT2D eigenvalue weighted by molar-refractivity contribution is 6.06. The number of anilines is 4. The number of hydrogen-bond donors (Lipinski definition) is 12. The third-order valence-electron chi connectivity index (χ3n) is 25.1. The summed E-state index contributed by atoms with van der Waals surface area (Å²) in [5.74, 6) is -2.04. The number of nitrogens with zero attached hydrogens (tertiary/aromatic N) is 8. The number of carbonyl (C=O) groups excluding carboxylic acids is 8. The minimum Gasteiger partial charge on any atom is -0.383 e. The van der Waals surface area contributed by atoms with Crippen LogP contribution in [-0.4, -0.2) is 131 Å². The van der Waals surface area contributed by atoms with E-state index in [0.29, 0.717) is 127 Å². The van der Waals surface area contributed by atoms with Crippen LogP contribution in [0.2, 0.25) is 0 Å². The van der Waals surface area contributed by atoms with Crippen LogP contribution in [0.15, 0.2) is 188 Å². The maximum Gasteiger partial charge on any atom is 0.254 e. The summed E-state index contributed by atoms with van der Waals surface area (Å²) in [5.41, 5.74) is 56.3. The quantitative estimate of drug-likeness (QED) is 0.0253. The van der Waals surface area contributed by atoms with Crippen LogP contribution in [0.5, 0.6) is 0 Å². The molecule has 0 spiro atoms. The van der Waals surface area contributed by atoms with E-state index in [-0.39, 0.29) is 99.3 Å². The van der Waals surface area contributed by atoms with Gasteiger partial charge in [-0.15, -0.1) is 0 Å². The largest absolute Gasteiger partial charge is 0.383 e. The number of nitrogens with one attached hydrogen (secondary N) is 5. The first-order valence-corrected chi connectivity index (χ1v) is 45.3. The topological polar surface area (TPSA) is 478 Å². The molecule has 4 aromatic heterocycles. The molecule has 1 atom stereocenters. The lowest BCUT2D eigenvalue weighted by molar-refractivity contribution is -0.170. The van der Waals surface area contributed by atoms with Crippen LogP contribution in [0.25, 0.3) is 45.0 Å². The number of rotatable bonds is 25. The predicted molar refractivity (Wildman–Crippen MR) is 519 cm³/mol. The first kappa shape index (κ1) is 97.9. The summed E-state index contributed by atoms with van der Waals surface area (Å²) in [6.45, 7) is 23.8. The molecule has 3 aliphatic heterocycles. The average Bonchev–Trinajstić information content (AvgIpc) is 1.63. The average molecular weight is 1830 g/mol. The summed E-state index contributed by atoms with van der Waals surface area (Å²) in [5, 5.41) is 33.7. The van der Waals surface area contributed by atoms with Crippen LogP contribution in [0, 0.1) is 38.9 Å². The minimum absolute atomic E-state index is 0.0102. The molecule has 8 amide bonds. The van der Waals surface area contributed by atoms with Crippen LogP contribution >= 0.6 is 0 Å². The van der Waals surface area contributed by atoms with Gasteiger partial charge in [-0.3, -0.25) is 38.4 Å². The maximum absolute atomic E-state index is 13.5. The SMILES string of the molecule is CNc1c(C(N)=O)c(-c2ccc(CNC(=O)c3ccccc3C)cc2)nn1C1CCOCC1.Cc1ccc(F)cc1C(=O)NCc1ccc(-c2nn(C3CCCC3)c(N)c2C(N)=O)cc1.Cc1ccccc1C(=O)NCc1ccc(-c2nn(C3CC(C)(C)OC(C)(C)C3)c(N)c2C(N)=O)cc1.Cc1ccccc1C(=O)NCc1ccc(-c2nn(C3CCOCC3(C)C)c(N)c2C(N)=O)cc1. The number of aryl methyl sites for hydroxylation is 4. The van der Waals surface area contributed by atoms with Gasteiger partial charge in [0.1, 0.15) is 74.1 Å². The van der Waals surface area contributed by atoms with E-state index in [4.69, 9.17) is 69.6 Å². The molecule has 8 aromatic carbocycles. The van der Waals surface area contributed by atoms with Crippen molar-refractivity contribution in [1.29, 1.82) is 0 Å². The molecule has 16 rings (SSSR count). The molecule has 706 valence electrons. The fourth-order valence-electron chi connectivity index (χ4n) is 18.2. The smallest absolute Gasteiger partial charge is 0.254 e. The molecule has 7 heterocycles. The van der Waals surface area contributed by atoms with Gasteiger partial charge in [0.2, 0.25) is 0 Å². The zero-order valence-corrected chi connectivity index (χ0v) is 78.2. The third kappa shape index (κ3) is 23.2. The fourth-order valence-corrected chi connectivity index (χ4v) is 18.2. The molecule has 1 unspecified atom stereocenters. The minimum atomic E-state index is -0.617. The molecular weight excluding hydrogens is 1710 g/mol. The Labute approximate surface area is 784 Å². The van der Waals surface area contributed by atoms with Crippen molar-refractivity contribution in [2.24, 2.45) is 28.3 Å². The second kappa shape index (κ2) is 42.5. The molecule has 0 bridgehead atoms. The van der Waals surface area contributed by atoms with Gasteiger partial charge in [0.05, 0.1) is 42.0 Å². The molecule has 1 aliphatic carbocycles. The number of carbonyl (C=O) groups is 8. The number of amides is 8. The Morgan fingerprint density at radius 2 is 0.704 bits per heavy atom. The van der Waals surface area contributed by atoms with E-state index < -0.39 is 29.4 Å². The lowest BCUT2D eigenvalue weighted by Gasteiger charge is -2.45. The molecule has 12 aromatic rings. The Morgan fingerprint density at radius 3 is 1.07 bits per heavy atom. The highest BCUT2D eigenvalue weighted by Gasteiger charge is 2.43. The van der Waals surface area contributed by atoms with Gasteiger partial charge in [-0.1, -0.05) is 184 Å². The van der Waals surface area contributed by atoms with E-state index in [9.17, 15) is 42.7 Å². The Balaban J connectivity index is 0.000000153. The van der Waals surface area contributed by atoms with E-state index in [1.807, 2.05) is 211 Å². The van der Waals surface area contributed by atoms with E-state index in [0.717, 1.165) is 106 Å². The number of hydrogen-bond acceptors (Lipinski definition) is 19. The number of nitrogen functional groups attached to an aromatic ring is 3. The normalized spacial score (nSPS) is 15.7. The van der Waals surface area contributed by atoms with Gasteiger partial charge >= 0.3 is 0 Å². The van der Waals surface area contributed by atoms with Crippen LogP contribution < -0.4 is 66.7 Å². The maximum atomic E-state index is 13.5. The molecule has 135 heavy (non-hydrogen) atoms. The standard InChI is InChI=1S/C28H35N5O3.C26H31N5O3.C25H29N5O3.C24H26FN5O2/c1-17-8-6-7-9-21(17)26(35)31-16-18-10-12-19(13-11-18)23-22(25(30)34)24(29)33(32-23)20-14-27(2,3)36-28(4,5)15-20;1-16-6-4-5-7-19(16)25(33)29-14-17-8-10-18(11-9-17)22-21(24(28)32)23(27)31(30-22)20-12-13-34-15-26(20,2)3;1-16-5-3-4-6-20(16)25(32)28-15-17-7-9-18(10-8-17)22-21(23(26)31)24(27-2)30(29-22)19-11-13-33-14-12-19;1-14-6-11-17(25)12-19(14)24(32)28-13-15-7-9-16(10-8-15)21-20(23(27)31)22(26)30(29-21)18-4-2-3-5-18/h6-13,20H,14-16,29H2,1-5H3,(H2,30,34)(H,31,35);4-11,20H,12-15,27H2,1-3H3,(H2,28,32)(H,29,33);3-10,19,27H,11-15H2,1-2H3,(H2,26,31)(H,28,32);6-12,18H,2-5,13,26H2,1H3,(H2,27,31)(H,28,32). The van der Waals surface area contributed by atoms with Crippen molar-refractivity contribution in [2.45, 2.75) is 189 Å². The molecule has 1 saturated carbocycles. The van der Waals surface area contributed by atoms with E-state index in [1.165, 1.54) is 12.1 Å².